The molecule has 0 spiro atoms. The molecule has 0 atom stereocenters. The van der Waals surface area contributed by atoms with Gasteiger partial charge in [0.05, 0.1) is 16.2 Å². The van der Waals surface area contributed by atoms with Gasteiger partial charge in [-0.1, -0.05) is 24.9 Å². The highest BCUT2D eigenvalue weighted by Gasteiger charge is 2.09. The maximum atomic E-state index is 13.4. The summed E-state index contributed by atoms with van der Waals surface area (Å²) in [5.41, 5.74) is 4.75. The van der Waals surface area contributed by atoms with Crippen LogP contribution < -0.4 is 11.3 Å². The molecule has 1 aromatic carbocycles. The predicted octanol–water partition coefficient (Wildman–Crippen LogP) is 3.27. The van der Waals surface area contributed by atoms with Gasteiger partial charge in [-0.3, -0.25) is 10.8 Å². The molecule has 0 aliphatic rings. The smallest absolute Gasteiger partial charge is 0.143 e. The third-order valence-corrected chi connectivity index (χ3v) is 2.86. The van der Waals surface area contributed by atoms with E-state index >= 15 is 0 Å². The Hall–Kier alpha value is -1.39. The van der Waals surface area contributed by atoms with Crippen molar-refractivity contribution in [2.75, 3.05) is 5.43 Å². The summed E-state index contributed by atoms with van der Waals surface area (Å²) in [6.07, 6.45) is 1.80. The van der Waals surface area contributed by atoms with Gasteiger partial charge in [-0.2, -0.15) is 0 Å². The van der Waals surface area contributed by atoms with Gasteiger partial charge in [0.15, 0.2) is 0 Å². The van der Waals surface area contributed by atoms with Crippen molar-refractivity contribution >= 4 is 28.2 Å². The Labute approximate surface area is 104 Å². The lowest BCUT2D eigenvalue weighted by molar-refractivity contribution is 0.629. The number of aryl methyl sites for hydroxylation is 1. The lowest BCUT2D eigenvalue weighted by atomic mass is 10.1. The molecule has 17 heavy (non-hydrogen) atoms. The molecule has 0 saturated carbocycles. The Morgan fingerprint density at radius 1 is 1.41 bits per heavy atom. The van der Waals surface area contributed by atoms with Gasteiger partial charge < -0.3 is 5.43 Å². The maximum Gasteiger partial charge on any atom is 0.143 e. The van der Waals surface area contributed by atoms with Gasteiger partial charge in [0.2, 0.25) is 0 Å². The summed E-state index contributed by atoms with van der Waals surface area (Å²) in [4.78, 5) is 4.38. The standard InChI is InChI=1S/C12H13ClFN3/c1-2-3-7-4-12(17-15)8-5-9(13)10(14)6-11(8)16-7/h4-6H,2-3,15H2,1H3,(H,16,17). The zero-order valence-electron chi connectivity index (χ0n) is 9.43. The number of hydrogen-bond donors (Lipinski definition) is 2. The molecule has 2 aromatic rings. The fourth-order valence-corrected chi connectivity index (χ4v) is 1.94. The zero-order chi connectivity index (χ0) is 12.4. The lowest BCUT2D eigenvalue weighted by Gasteiger charge is -2.09. The number of nitrogens with one attached hydrogen (secondary N) is 1. The number of hydrazine groups is 1. The number of aromatic nitrogens is 1. The normalized spacial score (nSPS) is 10.8. The van der Waals surface area contributed by atoms with Crippen LogP contribution in [0.15, 0.2) is 18.2 Å². The molecule has 0 aliphatic heterocycles. The van der Waals surface area contributed by atoms with Crippen molar-refractivity contribution in [1.29, 1.82) is 0 Å². The van der Waals surface area contributed by atoms with E-state index in [1.165, 1.54) is 12.1 Å². The first-order valence-corrected chi connectivity index (χ1v) is 5.78. The topological polar surface area (TPSA) is 50.9 Å². The molecule has 0 saturated heterocycles. The molecule has 0 bridgehead atoms. The van der Waals surface area contributed by atoms with Gasteiger partial charge in [0, 0.05) is 17.1 Å². The Morgan fingerprint density at radius 3 is 2.82 bits per heavy atom. The first-order valence-electron chi connectivity index (χ1n) is 5.41. The summed E-state index contributed by atoms with van der Waals surface area (Å²) < 4.78 is 13.4. The van der Waals surface area contributed by atoms with E-state index in [4.69, 9.17) is 17.4 Å². The molecule has 3 nitrogen and oxygen atoms in total. The number of anilines is 1. The number of benzene rings is 1. The van der Waals surface area contributed by atoms with E-state index in [-0.39, 0.29) is 5.02 Å². The average molecular weight is 254 g/mol. The van der Waals surface area contributed by atoms with Crippen molar-refractivity contribution in [3.8, 4) is 0 Å². The van der Waals surface area contributed by atoms with Crippen LogP contribution in [0.1, 0.15) is 19.0 Å². The van der Waals surface area contributed by atoms with Crippen LogP contribution in [-0.4, -0.2) is 4.98 Å². The average Bonchev–Trinajstić information content (AvgIpc) is 2.31. The van der Waals surface area contributed by atoms with E-state index < -0.39 is 5.82 Å². The molecule has 0 fully saturated rings. The molecule has 2 rings (SSSR count). The van der Waals surface area contributed by atoms with E-state index in [0.717, 1.165) is 23.9 Å². The van der Waals surface area contributed by atoms with Crippen LogP contribution in [0.2, 0.25) is 5.02 Å². The maximum absolute atomic E-state index is 13.4. The quantitative estimate of drug-likeness (QED) is 0.652. The Bertz CT molecular complexity index is 557. The summed E-state index contributed by atoms with van der Waals surface area (Å²) in [6, 6.07) is 4.72. The fourth-order valence-electron chi connectivity index (χ4n) is 1.78. The summed E-state index contributed by atoms with van der Waals surface area (Å²) in [5, 5.41) is 0.790. The van der Waals surface area contributed by atoms with Gasteiger partial charge in [-0.25, -0.2) is 4.39 Å². The molecule has 1 heterocycles. The van der Waals surface area contributed by atoms with E-state index in [2.05, 4.69) is 17.3 Å². The summed E-state index contributed by atoms with van der Waals surface area (Å²) in [6.45, 7) is 2.06. The third kappa shape index (κ3) is 2.33. The number of hydrogen-bond acceptors (Lipinski definition) is 3. The second-order valence-corrected chi connectivity index (χ2v) is 4.25. The number of nitrogen functional groups attached to an aromatic ring is 1. The van der Waals surface area contributed by atoms with Crippen molar-refractivity contribution in [3.63, 3.8) is 0 Å². The van der Waals surface area contributed by atoms with Gasteiger partial charge in [0.1, 0.15) is 5.82 Å². The van der Waals surface area contributed by atoms with E-state index in [0.29, 0.717) is 11.2 Å². The van der Waals surface area contributed by atoms with Crippen LogP contribution in [0.5, 0.6) is 0 Å². The highest BCUT2D eigenvalue weighted by Crippen LogP contribution is 2.28. The van der Waals surface area contributed by atoms with Crippen LogP contribution in [-0.2, 0) is 6.42 Å². The van der Waals surface area contributed by atoms with Crippen molar-refractivity contribution < 1.29 is 4.39 Å². The van der Waals surface area contributed by atoms with Crippen LogP contribution in [0.25, 0.3) is 10.9 Å². The number of nitrogens with two attached hydrogens (primary N) is 1. The minimum atomic E-state index is -0.469. The lowest BCUT2D eigenvalue weighted by Crippen LogP contribution is -2.08. The van der Waals surface area contributed by atoms with Crippen LogP contribution in [0.4, 0.5) is 10.1 Å². The number of rotatable bonds is 3. The van der Waals surface area contributed by atoms with E-state index in [9.17, 15) is 4.39 Å². The van der Waals surface area contributed by atoms with Crippen molar-refractivity contribution in [3.05, 3.63) is 34.7 Å². The number of halogens is 2. The second kappa shape index (κ2) is 4.85. The summed E-state index contributed by atoms with van der Waals surface area (Å²) >= 11 is 5.75. The van der Waals surface area contributed by atoms with Crippen molar-refractivity contribution in [2.24, 2.45) is 5.84 Å². The predicted molar refractivity (Wildman–Crippen MR) is 68.5 cm³/mol. The molecule has 0 aliphatic carbocycles. The summed E-state index contributed by atoms with van der Waals surface area (Å²) in [5.74, 6) is 4.99. The number of pyridine rings is 1. The Kier molecular flexibility index (Phi) is 3.45. The highest BCUT2D eigenvalue weighted by atomic mass is 35.5. The monoisotopic (exact) mass is 253 g/mol. The Morgan fingerprint density at radius 2 is 2.18 bits per heavy atom. The van der Waals surface area contributed by atoms with Gasteiger partial charge in [0.25, 0.3) is 0 Å². The minimum Gasteiger partial charge on any atom is -0.323 e. The third-order valence-electron chi connectivity index (χ3n) is 2.57. The molecular formula is C12H13ClFN3. The molecular weight excluding hydrogens is 241 g/mol. The van der Waals surface area contributed by atoms with Crippen LogP contribution in [0, 0.1) is 5.82 Å². The van der Waals surface area contributed by atoms with Gasteiger partial charge in [-0.15, -0.1) is 0 Å². The molecule has 90 valence electrons. The van der Waals surface area contributed by atoms with Gasteiger partial charge in [-0.05, 0) is 18.6 Å². The summed E-state index contributed by atoms with van der Waals surface area (Å²) in [7, 11) is 0. The van der Waals surface area contributed by atoms with Crippen LogP contribution >= 0.6 is 11.6 Å². The van der Waals surface area contributed by atoms with Crippen LogP contribution in [0.3, 0.4) is 0 Å². The molecule has 0 unspecified atom stereocenters. The first kappa shape index (κ1) is 12.1. The minimum absolute atomic E-state index is 0.0686. The molecule has 0 amide bonds. The SMILES string of the molecule is CCCc1cc(NN)c2cc(Cl)c(F)cc2n1. The largest absolute Gasteiger partial charge is 0.323 e. The van der Waals surface area contributed by atoms with Crippen molar-refractivity contribution in [1.82, 2.24) is 4.98 Å². The first-order chi connectivity index (χ1) is 8.15. The highest BCUT2D eigenvalue weighted by molar-refractivity contribution is 6.31. The molecule has 0 radical (unpaired) electrons. The number of fused-ring (bicyclic) bond motifs is 1. The Balaban J connectivity index is 2.68. The van der Waals surface area contributed by atoms with E-state index in [1.54, 1.807) is 0 Å². The van der Waals surface area contributed by atoms with Crippen molar-refractivity contribution in [2.45, 2.75) is 19.8 Å². The molecule has 3 N–H and O–H groups in total. The number of nitrogens with zero attached hydrogens (tertiary/aromatic N) is 1. The van der Waals surface area contributed by atoms with E-state index in [1.807, 2.05) is 6.07 Å². The fraction of sp³-hybridized carbons (Fsp3) is 0.250. The zero-order valence-corrected chi connectivity index (χ0v) is 10.2. The molecule has 5 heteroatoms. The van der Waals surface area contributed by atoms with Gasteiger partial charge >= 0.3 is 0 Å². The molecule has 1 aromatic heterocycles. The second-order valence-electron chi connectivity index (χ2n) is 3.84.